The molecule has 0 saturated carbocycles. The van der Waals surface area contributed by atoms with E-state index in [2.05, 4.69) is 0 Å². The number of amides is 1. The van der Waals surface area contributed by atoms with Gasteiger partial charge in [-0.1, -0.05) is 12.1 Å². The summed E-state index contributed by atoms with van der Waals surface area (Å²) in [7, 11) is 3.21. The minimum Gasteiger partial charge on any atom is -0.493 e. The van der Waals surface area contributed by atoms with E-state index in [1.54, 1.807) is 26.0 Å². The van der Waals surface area contributed by atoms with Crippen molar-refractivity contribution in [1.82, 2.24) is 4.90 Å². The van der Waals surface area contributed by atoms with Crippen molar-refractivity contribution in [1.29, 1.82) is 0 Å². The molecule has 0 N–H and O–H groups in total. The van der Waals surface area contributed by atoms with Crippen LogP contribution in [0.4, 0.5) is 0 Å². The Kier molecular flexibility index (Phi) is 4.79. The molecule has 1 amide bonds. The van der Waals surface area contributed by atoms with Crippen molar-refractivity contribution < 1.29 is 18.7 Å². The van der Waals surface area contributed by atoms with Crippen LogP contribution in [0.5, 0.6) is 11.5 Å². The fourth-order valence-corrected chi connectivity index (χ4v) is 3.30. The lowest BCUT2D eigenvalue weighted by molar-refractivity contribution is 0.0754. The zero-order valence-corrected chi connectivity index (χ0v) is 14.6. The second kappa shape index (κ2) is 7.01. The van der Waals surface area contributed by atoms with E-state index in [-0.39, 0.29) is 23.0 Å². The molecule has 6 heteroatoms. The second-order valence-electron chi connectivity index (χ2n) is 6.09. The standard InChI is InChI=1S/C19H21NO5/c1-12-9-14(21)10-17(25-12)19(22)20-8-7-13(11-20)15-5-4-6-16(23-2)18(15)24-3/h4-6,9-10,13H,7-8,11H2,1-3H3/t13-/m1/s1. The smallest absolute Gasteiger partial charge is 0.289 e. The topological polar surface area (TPSA) is 69.0 Å². The van der Waals surface area contributed by atoms with E-state index in [0.717, 1.165) is 12.0 Å². The van der Waals surface area contributed by atoms with Crippen LogP contribution >= 0.6 is 0 Å². The van der Waals surface area contributed by atoms with Crippen molar-refractivity contribution in [3.63, 3.8) is 0 Å². The Morgan fingerprint density at radius 2 is 2.04 bits per heavy atom. The van der Waals surface area contributed by atoms with Gasteiger partial charge >= 0.3 is 0 Å². The molecule has 1 saturated heterocycles. The Morgan fingerprint density at radius 3 is 2.72 bits per heavy atom. The van der Waals surface area contributed by atoms with Crippen LogP contribution in [0.3, 0.4) is 0 Å². The summed E-state index contributed by atoms with van der Waals surface area (Å²) in [5.41, 5.74) is 0.792. The highest BCUT2D eigenvalue weighted by Crippen LogP contribution is 2.39. The maximum atomic E-state index is 12.6. The van der Waals surface area contributed by atoms with Gasteiger partial charge in [0, 0.05) is 36.7 Å². The van der Waals surface area contributed by atoms with E-state index in [0.29, 0.717) is 30.3 Å². The molecule has 1 aromatic carbocycles. The largest absolute Gasteiger partial charge is 0.493 e. The highest BCUT2D eigenvalue weighted by molar-refractivity contribution is 5.91. The summed E-state index contributed by atoms with van der Waals surface area (Å²) in [5, 5.41) is 0. The van der Waals surface area contributed by atoms with Crippen LogP contribution in [0.1, 0.15) is 34.2 Å². The molecule has 1 aromatic heterocycles. The van der Waals surface area contributed by atoms with E-state index in [4.69, 9.17) is 13.9 Å². The fourth-order valence-electron chi connectivity index (χ4n) is 3.30. The fraction of sp³-hybridized carbons (Fsp3) is 0.368. The molecule has 25 heavy (non-hydrogen) atoms. The Hall–Kier alpha value is -2.76. The van der Waals surface area contributed by atoms with Gasteiger partial charge in [-0.25, -0.2) is 0 Å². The molecule has 2 heterocycles. The SMILES string of the molecule is COc1cccc([C@@H]2CCN(C(=O)c3cc(=O)cc(C)o3)C2)c1OC. The minimum atomic E-state index is -0.259. The van der Waals surface area contributed by atoms with Gasteiger partial charge in [-0.3, -0.25) is 9.59 Å². The number of para-hydroxylation sites is 1. The van der Waals surface area contributed by atoms with Gasteiger partial charge in [0.1, 0.15) is 5.76 Å². The highest BCUT2D eigenvalue weighted by atomic mass is 16.5. The van der Waals surface area contributed by atoms with Gasteiger partial charge in [0.15, 0.2) is 22.7 Å². The van der Waals surface area contributed by atoms with E-state index < -0.39 is 0 Å². The minimum absolute atomic E-state index is 0.0863. The predicted molar refractivity (Wildman–Crippen MR) is 92.5 cm³/mol. The normalized spacial score (nSPS) is 16.8. The van der Waals surface area contributed by atoms with Gasteiger partial charge in [0.05, 0.1) is 14.2 Å². The first kappa shape index (κ1) is 17.1. The number of ether oxygens (including phenoxy) is 2. The molecule has 132 valence electrons. The molecule has 0 aliphatic carbocycles. The number of benzene rings is 1. The van der Waals surface area contributed by atoms with Crippen molar-refractivity contribution in [3.05, 3.63) is 57.6 Å². The molecule has 0 unspecified atom stereocenters. The first-order valence-electron chi connectivity index (χ1n) is 8.15. The van der Waals surface area contributed by atoms with E-state index in [9.17, 15) is 9.59 Å². The second-order valence-corrected chi connectivity index (χ2v) is 6.09. The molecule has 6 nitrogen and oxygen atoms in total. The number of likely N-dealkylation sites (tertiary alicyclic amines) is 1. The zero-order chi connectivity index (χ0) is 18.0. The van der Waals surface area contributed by atoms with Crippen molar-refractivity contribution in [2.24, 2.45) is 0 Å². The van der Waals surface area contributed by atoms with Crippen molar-refractivity contribution >= 4 is 5.91 Å². The van der Waals surface area contributed by atoms with Crippen LogP contribution in [0.15, 0.2) is 39.5 Å². The maximum absolute atomic E-state index is 12.6. The third-order valence-electron chi connectivity index (χ3n) is 4.45. The predicted octanol–water partition coefficient (Wildman–Crippen LogP) is 2.60. The first-order chi connectivity index (χ1) is 12.0. The van der Waals surface area contributed by atoms with Gasteiger partial charge in [-0.05, 0) is 19.4 Å². The van der Waals surface area contributed by atoms with Gasteiger partial charge in [-0.2, -0.15) is 0 Å². The van der Waals surface area contributed by atoms with Crippen LogP contribution in [0.25, 0.3) is 0 Å². The molecule has 1 aliphatic rings. The quantitative estimate of drug-likeness (QED) is 0.853. The number of aryl methyl sites for hydroxylation is 1. The molecular weight excluding hydrogens is 322 g/mol. The van der Waals surface area contributed by atoms with Crippen LogP contribution in [-0.2, 0) is 0 Å². The van der Waals surface area contributed by atoms with E-state index in [1.807, 2.05) is 18.2 Å². The third-order valence-corrected chi connectivity index (χ3v) is 4.45. The molecule has 0 spiro atoms. The number of nitrogens with zero attached hydrogens (tertiary/aromatic N) is 1. The summed E-state index contributed by atoms with van der Waals surface area (Å²) in [4.78, 5) is 26.0. The number of carbonyl (C=O) groups is 1. The van der Waals surface area contributed by atoms with Gasteiger partial charge in [0.25, 0.3) is 5.91 Å². The number of hydrogen-bond donors (Lipinski definition) is 0. The van der Waals surface area contributed by atoms with Crippen LogP contribution in [-0.4, -0.2) is 38.1 Å². The molecule has 3 rings (SSSR count). The first-order valence-corrected chi connectivity index (χ1v) is 8.15. The summed E-state index contributed by atoms with van der Waals surface area (Å²) in [6, 6.07) is 8.37. The zero-order valence-electron chi connectivity index (χ0n) is 14.6. The molecule has 0 radical (unpaired) electrons. The van der Waals surface area contributed by atoms with Crippen molar-refractivity contribution in [2.75, 3.05) is 27.3 Å². The lowest BCUT2D eigenvalue weighted by atomic mass is 9.97. The molecule has 1 atom stereocenters. The number of carbonyl (C=O) groups excluding carboxylic acids is 1. The summed E-state index contributed by atoms with van der Waals surface area (Å²) in [6.45, 7) is 2.80. The molecule has 0 bridgehead atoms. The van der Waals surface area contributed by atoms with Gasteiger partial charge in [-0.15, -0.1) is 0 Å². The number of rotatable bonds is 4. The van der Waals surface area contributed by atoms with Crippen molar-refractivity contribution in [3.8, 4) is 11.5 Å². The lowest BCUT2D eigenvalue weighted by Crippen LogP contribution is -2.29. The lowest BCUT2D eigenvalue weighted by Gasteiger charge is -2.18. The average molecular weight is 343 g/mol. The molecular formula is C19H21NO5. The summed E-state index contributed by atoms with van der Waals surface area (Å²) >= 11 is 0. The summed E-state index contributed by atoms with van der Waals surface area (Å²) < 4.78 is 16.3. The molecule has 2 aromatic rings. The Bertz CT molecular complexity index is 842. The molecule has 1 aliphatic heterocycles. The van der Waals surface area contributed by atoms with Crippen LogP contribution in [0.2, 0.25) is 0 Å². The number of hydrogen-bond acceptors (Lipinski definition) is 5. The Labute approximate surface area is 146 Å². The summed E-state index contributed by atoms with van der Waals surface area (Å²) in [5.74, 6) is 1.78. The highest BCUT2D eigenvalue weighted by Gasteiger charge is 2.31. The van der Waals surface area contributed by atoms with E-state index in [1.165, 1.54) is 12.1 Å². The Balaban J connectivity index is 1.82. The van der Waals surface area contributed by atoms with Crippen LogP contribution < -0.4 is 14.9 Å². The van der Waals surface area contributed by atoms with Gasteiger partial charge < -0.3 is 18.8 Å². The third kappa shape index (κ3) is 3.38. The molecule has 1 fully saturated rings. The monoisotopic (exact) mass is 343 g/mol. The number of methoxy groups -OCH3 is 2. The Morgan fingerprint density at radius 1 is 1.24 bits per heavy atom. The maximum Gasteiger partial charge on any atom is 0.289 e. The summed E-state index contributed by atoms with van der Waals surface area (Å²) in [6.07, 6.45) is 0.811. The average Bonchev–Trinajstić information content (AvgIpc) is 3.09. The van der Waals surface area contributed by atoms with Crippen molar-refractivity contribution in [2.45, 2.75) is 19.3 Å². The van der Waals surface area contributed by atoms with Crippen LogP contribution in [0, 0.1) is 6.92 Å². The van der Waals surface area contributed by atoms with E-state index >= 15 is 0 Å². The van der Waals surface area contributed by atoms with Gasteiger partial charge in [0.2, 0.25) is 0 Å².